The number of rotatable bonds is 8. The SMILES string of the molecule is CCN(Cc1ccccc1)c1ccc(/C=N\Nc2nc(C)c(C(C)=O)s2)cc1. The molecule has 0 bridgehead atoms. The van der Waals surface area contributed by atoms with Crippen LogP contribution in [-0.4, -0.2) is 23.5 Å². The average Bonchev–Trinajstić information content (AvgIpc) is 3.08. The van der Waals surface area contributed by atoms with Gasteiger partial charge < -0.3 is 4.90 Å². The number of carbonyl (C=O) groups excluding carboxylic acids is 1. The Morgan fingerprint density at radius 3 is 2.50 bits per heavy atom. The van der Waals surface area contributed by atoms with Crippen LogP contribution in [0.2, 0.25) is 0 Å². The zero-order valence-corrected chi connectivity index (χ0v) is 17.2. The second-order valence-electron chi connectivity index (χ2n) is 6.45. The first-order valence-corrected chi connectivity index (χ1v) is 10.0. The third kappa shape index (κ3) is 5.04. The maximum atomic E-state index is 11.5. The number of nitrogens with zero attached hydrogens (tertiary/aromatic N) is 3. The highest BCUT2D eigenvalue weighted by molar-refractivity contribution is 7.17. The van der Waals surface area contributed by atoms with Crippen molar-refractivity contribution in [3.05, 3.63) is 76.3 Å². The lowest BCUT2D eigenvalue weighted by Crippen LogP contribution is -2.21. The number of hydrogen-bond acceptors (Lipinski definition) is 6. The summed E-state index contributed by atoms with van der Waals surface area (Å²) in [6, 6.07) is 18.8. The number of Topliss-reactive ketones (excluding diaryl/α,β-unsaturated/α-hetero) is 1. The molecule has 0 saturated heterocycles. The molecule has 0 aliphatic carbocycles. The van der Waals surface area contributed by atoms with Crippen molar-refractivity contribution in [1.29, 1.82) is 0 Å². The molecule has 0 aliphatic rings. The minimum atomic E-state index is 0.0265. The third-order valence-electron chi connectivity index (χ3n) is 4.35. The van der Waals surface area contributed by atoms with Gasteiger partial charge in [0.05, 0.1) is 16.8 Å². The number of hydrogen-bond donors (Lipinski definition) is 1. The van der Waals surface area contributed by atoms with Crippen molar-refractivity contribution in [1.82, 2.24) is 4.98 Å². The molecule has 144 valence electrons. The Morgan fingerprint density at radius 2 is 1.89 bits per heavy atom. The molecule has 3 aromatic rings. The Kier molecular flexibility index (Phi) is 6.55. The third-order valence-corrected chi connectivity index (χ3v) is 5.51. The Hall–Kier alpha value is -2.99. The van der Waals surface area contributed by atoms with Gasteiger partial charge in [0.1, 0.15) is 0 Å². The van der Waals surface area contributed by atoms with Crippen molar-refractivity contribution in [2.75, 3.05) is 16.9 Å². The van der Waals surface area contributed by atoms with Crippen LogP contribution in [0.3, 0.4) is 0 Å². The van der Waals surface area contributed by atoms with Gasteiger partial charge in [-0.25, -0.2) is 4.98 Å². The number of ketones is 1. The summed E-state index contributed by atoms with van der Waals surface area (Å²) in [6.45, 7) is 7.36. The predicted octanol–water partition coefficient (Wildman–Crippen LogP) is 5.13. The van der Waals surface area contributed by atoms with Crippen molar-refractivity contribution in [3.63, 3.8) is 0 Å². The topological polar surface area (TPSA) is 57.6 Å². The van der Waals surface area contributed by atoms with Crippen LogP contribution in [0.5, 0.6) is 0 Å². The molecule has 5 nitrogen and oxygen atoms in total. The van der Waals surface area contributed by atoms with Crippen molar-refractivity contribution in [2.24, 2.45) is 5.10 Å². The van der Waals surface area contributed by atoms with Crippen LogP contribution < -0.4 is 10.3 Å². The Labute approximate surface area is 169 Å². The first kappa shape index (κ1) is 19.8. The summed E-state index contributed by atoms with van der Waals surface area (Å²) in [5.74, 6) is 0.0265. The highest BCUT2D eigenvalue weighted by atomic mass is 32.1. The molecule has 28 heavy (non-hydrogen) atoms. The molecule has 2 aromatic carbocycles. The molecule has 0 amide bonds. The summed E-state index contributed by atoms with van der Waals surface area (Å²) in [6.07, 6.45) is 1.75. The minimum Gasteiger partial charge on any atom is -0.367 e. The maximum Gasteiger partial charge on any atom is 0.204 e. The van der Waals surface area contributed by atoms with E-state index in [9.17, 15) is 4.79 Å². The molecular formula is C22H24N4OS. The zero-order valence-electron chi connectivity index (χ0n) is 16.3. The van der Waals surface area contributed by atoms with E-state index in [1.807, 2.05) is 25.1 Å². The second kappa shape index (κ2) is 9.28. The van der Waals surface area contributed by atoms with Crippen LogP contribution in [0, 0.1) is 6.92 Å². The molecular weight excluding hydrogens is 368 g/mol. The average molecular weight is 393 g/mol. The van der Waals surface area contributed by atoms with Crippen molar-refractivity contribution >= 4 is 34.2 Å². The fraction of sp³-hybridized carbons (Fsp3) is 0.227. The van der Waals surface area contributed by atoms with Gasteiger partial charge >= 0.3 is 0 Å². The van der Waals surface area contributed by atoms with E-state index in [1.165, 1.54) is 22.6 Å². The standard InChI is InChI=1S/C22H24N4OS/c1-4-26(15-19-8-6-5-7-9-19)20-12-10-18(11-13-20)14-23-25-22-24-16(2)21(28-22)17(3)27/h5-14H,4,15H2,1-3H3,(H,24,25)/b23-14-. The molecule has 6 heteroatoms. The van der Waals surface area contributed by atoms with Crippen LogP contribution in [0.4, 0.5) is 10.8 Å². The number of aromatic nitrogens is 1. The lowest BCUT2D eigenvalue weighted by Gasteiger charge is -2.23. The maximum absolute atomic E-state index is 11.5. The molecule has 0 radical (unpaired) electrons. The number of nitrogens with one attached hydrogen (secondary N) is 1. The lowest BCUT2D eigenvalue weighted by atomic mass is 10.1. The van der Waals surface area contributed by atoms with E-state index < -0.39 is 0 Å². The predicted molar refractivity (Wildman–Crippen MR) is 118 cm³/mol. The van der Waals surface area contributed by atoms with Crippen LogP contribution in [-0.2, 0) is 6.54 Å². The van der Waals surface area contributed by atoms with Gasteiger partial charge in [-0.05, 0) is 37.1 Å². The van der Waals surface area contributed by atoms with Gasteiger partial charge in [0, 0.05) is 25.7 Å². The largest absolute Gasteiger partial charge is 0.367 e. The first-order valence-electron chi connectivity index (χ1n) is 9.23. The molecule has 1 N–H and O–H groups in total. The van der Waals surface area contributed by atoms with Crippen LogP contribution >= 0.6 is 11.3 Å². The Balaban J connectivity index is 1.62. The van der Waals surface area contributed by atoms with Gasteiger partial charge in [0.25, 0.3) is 0 Å². The fourth-order valence-corrected chi connectivity index (χ4v) is 3.70. The smallest absolute Gasteiger partial charge is 0.204 e. The Morgan fingerprint density at radius 1 is 1.18 bits per heavy atom. The number of anilines is 2. The molecule has 0 spiro atoms. The van der Waals surface area contributed by atoms with Crippen molar-refractivity contribution in [2.45, 2.75) is 27.3 Å². The van der Waals surface area contributed by atoms with Gasteiger partial charge in [-0.15, -0.1) is 0 Å². The molecule has 0 aliphatic heterocycles. The summed E-state index contributed by atoms with van der Waals surface area (Å²) >= 11 is 1.32. The fourth-order valence-electron chi connectivity index (χ4n) is 2.89. The van der Waals surface area contributed by atoms with E-state index in [4.69, 9.17) is 0 Å². The van der Waals surface area contributed by atoms with Gasteiger partial charge in [-0.1, -0.05) is 53.8 Å². The minimum absolute atomic E-state index is 0.0265. The van der Waals surface area contributed by atoms with Gasteiger partial charge in [0.2, 0.25) is 5.13 Å². The number of benzene rings is 2. The van der Waals surface area contributed by atoms with E-state index in [0.717, 1.165) is 24.3 Å². The highest BCUT2D eigenvalue weighted by Gasteiger charge is 2.10. The van der Waals surface area contributed by atoms with E-state index >= 15 is 0 Å². The van der Waals surface area contributed by atoms with E-state index in [-0.39, 0.29) is 5.78 Å². The zero-order chi connectivity index (χ0) is 19.9. The van der Waals surface area contributed by atoms with E-state index in [0.29, 0.717) is 10.0 Å². The van der Waals surface area contributed by atoms with Gasteiger partial charge in [0.15, 0.2) is 5.78 Å². The van der Waals surface area contributed by atoms with Crippen LogP contribution in [0.15, 0.2) is 59.7 Å². The van der Waals surface area contributed by atoms with Gasteiger partial charge in [-0.2, -0.15) is 5.10 Å². The summed E-state index contributed by atoms with van der Waals surface area (Å²) in [7, 11) is 0. The monoisotopic (exact) mass is 392 g/mol. The Bertz CT molecular complexity index is 948. The number of carbonyl (C=O) groups is 1. The van der Waals surface area contributed by atoms with Crippen LogP contribution in [0.25, 0.3) is 0 Å². The van der Waals surface area contributed by atoms with Crippen LogP contribution in [0.1, 0.15) is 40.3 Å². The first-order chi connectivity index (χ1) is 13.6. The number of aryl methyl sites for hydroxylation is 1. The number of thiazole rings is 1. The quantitative estimate of drug-likeness (QED) is 0.328. The molecule has 1 heterocycles. The molecule has 0 unspecified atom stereocenters. The van der Waals surface area contributed by atoms with Gasteiger partial charge in [-0.3, -0.25) is 10.2 Å². The molecule has 3 rings (SSSR count). The second-order valence-corrected chi connectivity index (χ2v) is 7.45. The molecule has 0 fully saturated rings. The van der Waals surface area contributed by atoms with Crippen molar-refractivity contribution in [3.8, 4) is 0 Å². The lowest BCUT2D eigenvalue weighted by molar-refractivity contribution is 0.102. The molecule has 0 saturated carbocycles. The molecule has 0 atom stereocenters. The number of hydrazone groups is 1. The summed E-state index contributed by atoms with van der Waals surface area (Å²) in [4.78, 5) is 18.8. The highest BCUT2D eigenvalue weighted by Crippen LogP contribution is 2.23. The summed E-state index contributed by atoms with van der Waals surface area (Å²) in [5, 5.41) is 4.86. The normalized spacial score (nSPS) is 11.0. The van der Waals surface area contributed by atoms with E-state index in [1.54, 1.807) is 13.1 Å². The molecule has 1 aromatic heterocycles. The summed E-state index contributed by atoms with van der Waals surface area (Å²) < 4.78 is 0. The summed E-state index contributed by atoms with van der Waals surface area (Å²) in [5.41, 5.74) is 7.10. The van der Waals surface area contributed by atoms with E-state index in [2.05, 4.69) is 63.7 Å². The van der Waals surface area contributed by atoms with Crippen molar-refractivity contribution < 1.29 is 4.79 Å².